The number of hydrogen-bond donors (Lipinski definition) is 3. The van der Waals surface area contributed by atoms with Crippen LogP contribution in [0.3, 0.4) is 0 Å². The number of hydrogen-bond acceptors (Lipinski definition) is 15. The Morgan fingerprint density at radius 2 is 1.53 bits per heavy atom. The van der Waals surface area contributed by atoms with Crippen LogP contribution in [0.5, 0.6) is 0 Å². The number of ketones is 3. The molecule has 1 amide bonds. The second kappa shape index (κ2) is 26.3. The molecule has 5 aliphatic heterocycles. The molecule has 408 valence electrons. The highest BCUT2D eigenvalue weighted by Crippen LogP contribution is 2.39. The van der Waals surface area contributed by atoms with Gasteiger partial charge in [-0.1, -0.05) is 65.0 Å². The molecule has 0 spiro atoms. The van der Waals surface area contributed by atoms with Crippen LogP contribution in [0.1, 0.15) is 138 Å². The summed E-state index contributed by atoms with van der Waals surface area (Å²) in [6, 6.07) is 8.56. The molecule has 0 aromatic heterocycles. The molecule has 3 saturated heterocycles. The van der Waals surface area contributed by atoms with Crippen molar-refractivity contribution in [1.82, 2.24) is 4.90 Å². The van der Waals surface area contributed by atoms with Crippen LogP contribution < -0.4 is 5.06 Å². The number of aliphatic hydroxyl groups excluding tert-OH is 2. The van der Waals surface area contributed by atoms with Crippen LogP contribution in [0.25, 0.3) is 0 Å². The molecule has 16 nitrogen and oxygen atoms in total. The topological polar surface area (TPSA) is 208 Å². The number of methoxy groups -OCH3 is 3. The zero-order valence-corrected chi connectivity index (χ0v) is 45.1. The predicted molar refractivity (Wildman–Crippen MR) is 274 cm³/mol. The lowest BCUT2D eigenvalue weighted by molar-refractivity contribution is -0.265. The van der Waals surface area contributed by atoms with E-state index in [-0.39, 0.29) is 73.4 Å². The smallest absolute Gasteiger partial charge is 0.329 e. The van der Waals surface area contributed by atoms with Crippen LogP contribution >= 0.6 is 0 Å². The number of hydroxylamine groups is 1. The number of carbonyl (C=O) groups excluding carboxylic acids is 5. The van der Waals surface area contributed by atoms with E-state index in [9.17, 15) is 39.3 Å². The first-order chi connectivity index (χ1) is 34.7. The second-order valence-corrected chi connectivity index (χ2v) is 22.3. The van der Waals surface area contributed by atoms with Gasteiger partial charge in [0, 0.05) is 58.5 Å². The standard InChI is InChI=1S/C57H86N2O14/c1-33-26-37(5)51(62)53(70-10)52(63)38(6)27-34(2)47(61)32-49(35(3)28-40-20-24-46(60)50(30-40)69-9)71-56(66)45-18-14-15-25-58(45)55(65)54(64)57(67)39(7)19-21-42(72-57)31-48(68-8)36(4)29-43-22-23-44(33)59(73-43)41-16-12-11-13-17-41/h11-13,16-17,27,29,33-35,37,39-40,42-46,48-50,52-53,60,63,67H,14-15,18-26,28,30-32H2,1-10H3/t33-,34+,35+,37+,39+,40-,42-,43?,44?,45-,46+,48-,49-,50+,52+,53-,57+/m0/s1. The van der Waals surface area contributed by atoms with Crippen LogP contribution in [0, 0.1) is 35.5 Å². The van der Waals surface area contributed by atoms with Crippen molar-refractivity contribution >= 4 is 34.9 Å². The van der Waals surface area contributed by atoms with Gasteiger partial charge in [-0.25, -0.2) is 4.79 Å². The van der Waals surface area contributed by atoms with Gasteiger partial charge in [0.2, 0.25) is 5.79 Å². The van der Waals surface area contributed by atoms with Gasteiger partial charge in [0.1, 0.15) is 36.2 Å². The van der Waals surface area contributed by atoms with E-state index in [0.717, 1.165) is 17.7 Å². The first-order valence-corrected chi connectivity index (χ1v) is 27.1. The van der Waals surface area contributed by atoms with Gasteiger partial charge in [0.25, 0.3) is 11.7 Å². The molecule has 1 aromatic carbocycles. The van der Waals surface area contributed by atoms with Gasteiger partial charge in [0.15, 0.2) is 5.78 Å². The number of carbonyl (C=O) groups is 5. The normalized spacial score (nSPS) is 38.0. The van der Waals surface area contributed by atoms with E-state index in [1.807, 2.05) is 62.2 Å². The predicted octanol–water partition coefficient (Wildman–Crippen LogP) is 7.04. The lowest BCUT2D eigenvalue weighted by atomic mass is 9.78. The summed E-state index contributed by atoms with van der Waals surface area (Å²) in [4.78, 5) is 79.9. The molecule has 1 saturated carbocycles. The molecule has 3 N–H and O–H groups in total. The Morgan fingerprint density at radius 3 is 2.22 bits per heavy atom. The molecule has 0 radical (unpaired) electrons. The fraction of sp³-hybridized carbons (Fsp3) is 0.737. The second-order valence-electron chi connectivity index (χ2n) is 22.3. The average molecular weight is 1020 g/mol. The number of fused-ring (bicyclic) bond motifs is 17. The molecule has 4 bridgehead atoms. The SMILES string of the molecule is CO[C@H]1C[C@@H]2CC[C@@H](C)[C@@](O)(O2)C(=O)C(=O)N2CCCC[C@H]2C(=O)O[C@H]([C@H](C)C[C@@H]2CC[C@@H](O)[C@H](OC)C2)CC(=O)[C@H](C)C=C(C)[C@@H](O)[C@@H](OC)C(=O)[C@H](C)C[C@H](C)C2CCC(C=C1C)ON2c1ccccc1. The quantitative estimate of drug-likeness (QED) is 0.142. The van der Waals surface area contributed by atoms with Crippen LogP contribution in [0.15, 0.2) is 53.6 Å². The van der Waals surface area contributed by atoms with E-state index in [0.29, 0.717) is 69.8 Å². The lowest BCUT2D eigenvalue weighted by Gasteiger charge is -2.43. The molecule has 16 heteroatoms. The summed E-state index contributed by atoms with van der Waals surface area (Å²) in [7, 11) is 4.56. The monoisotopic (exact) mass is 1020 g/mol. The van der Waals surface area contributed by atoms with E-state index in [1.165, 1.54) is 12.0 Å². The molecule has 73 heavy (non-hydrogen) atoms. The maximum atomic E-state index is 14.5. The van der Waals surface area contributed by atoms with Crippen molar-refractivity contribution in [2.75, 3.05) is 32.9 Å². The number of piperidine rings is 1. The molecule has 4 fully saturated rings. The number of ether oxygens (including phenoxy) is 5. The van der Waals surface area contributed by atoms with E-state index < -0.39 is 83.9 Å². The molecule has 5 heterocycles. The fourth-order valence-corrected chi connectivity index (χ4v) is 12.1. The van der Waals surface area contributed by atoms with Gasteiger partial charge in [-0.05, 0) is 132 Å². The summed E-state index contributed by atoms with van der Waals surface area (Å²) in [5, 5.41) is 36.3. The number of aliphatic hydroxyl groups is 3. The summed E-state index contributed by atoms with van der Waals surface area (Å²) in [5.41, 5.74) is 2.11. The molecule has 1 aliphatic carbocycles. The summed E-state index contributed by atoms with van der Waals surface area (Å²) >= 11 is 0. The van der Waals surface area contributed by atoms with Crippen LogP contribution in [-0.4, -0.2) is 144 Å². The van der Waals surface area contributed by atoms with Crippen molar-refractivity contribution < 1.29 is 67.8 Å². The third-order valence-electron chi connectivity index (χ3n) is 16.9. The maximum absolute atomic E-state index is 14.5. The van der Waals surface area contributed by atoms with Crippen molar-refractivity contribution in [3.8, 4) is 0 Å². The Balaban J connectivity index is 1.34. The van der Waals surface area contributed by atoms with Crippen molar-refractivity contribution in [1.29, 1.82) is 0 Å². The molecule has 1 aromatic rings. The number of rotatable bonds is 7. The minimum absolute atomic E-state index is 0.0349. The van der Waals surface area contributed by atoms with Gasteiger partial charge in [0.05, 0.1) is 36.1 Å². The fourth-order valence-electron chi connectivity index (χ4n) is 12.1. The summed E-state index contributed by atoms with van der Waals surface area (Å²) in [6.45, 7) is 12.9. The lowest BCUT2D eigenvalue weighted by Crippen LogP contribution is -2.61. The summed E-state index contributed by atoms with van der Waals surface area (Å²) in [5.74, 6) is -8.21. The Kier molecular flexibility index (Phi) is 21.0. The number of Topliss-reactive ketones (excluding diaryl/α,β-unsaturated/α-hetero) is 3. The van der Waals surface area contributed by atoms with E-state index in [4.69, 9.17) is 28.5 Å². The molecule has 2 unspecified atom stereocenters. The number of benzene rings is 1. The van der Waals surface area contributed by atoms with E-state index >= 15 is 0 Å². The van der Waals surface area contributed by atoms with E-state index in [2.05, 4.69) is 6.92 Å². The third kappa shape index (κ3) is 14.1. The van der Waals surface area contributed by atoms with Crippen molar-refractivity contribution in [2.24, 2.45) is 35.5 Å². The first-order valence-electron chi connectivity index (χ1n) is 27.1. The minimum atomic E-state index is -2.46. The molecular formula is C57H86N2O14. The summed E-state index contributed by atoms with van der Waals surface area (Å²) < 4.78 is 29.9. The number of allylic oxidation sites excluding steroid dienone is 1. The van der Waals surface area contributed by atoms with Gasteiger partial charge in [-0.3, -0.25) is 29.1 Å². The van der Waals surface area contributed by atoms with E-state index in [1.54, 1.807) is 41.1 Å². The van der Waals surface area contributed by atoms with Gasteiger partial charge < -0.3 is 43.9 Å². The van der Waals surface area contributed by atoms with Crippen molar-refractivity contribution in [2.45, 2.75) is 205 Å². The zero-order chi connectivity index (χ0) is 53.3. The zero-order valence-electron chi connectivity index (χ0n) is 45.1. The maximum Gasteiger partial charge on any atom is 0.329 e. The molecule has 17 atom stereocenters. The molecule has 6 aliphatic rings. The average Bonchev–Trinajstić information content (AvgIpc) is 3.38. The van der Waals surface area contributed by atoms with Gasteiger partial charge in [-0.15, -0.1) is 0 Å². The highest BCUT2D eigenvalue weighted by molar-refractivity contribution is 6.39. The van der Waals surface area contributed by atoms with Gasteiger partial charge >= 0.3 is 5.97 Å². The summed E-state index contributed by atoms with van der Waals surface area (Å²) in [6.07, 6.45) is 4.36. The highest BCUT2D eigenvalue weighted by Gasteiger charge is 2.53. The molecule has 7 rings (SSSR count). The Bertz CT molecular complexity index is 2100. The Morgan fingerprint density at radius 1 is 0.808 bits per heavy atom. The van der Waals surface area contributed by atoms with Crippen LogP contribution in [0.2, 0.25) is 0 Å². The van der Waals surface area contributed by atoms with Crippen LogP contribution in [0.4, 0.5) is 5.69 Å². The van der Waals surface area contributed by atoms with Crippen LogP contribution in [-0.2, 0) is 52.5 Å². The Hall–Kier alpha value is -3.87. The van der Waals surface area contributed by atoms with Crippen molar-refractivity contribution in [3.05, 3.63) is 53.6 Å². The number of amides is 1. The Labute approximate surface area is 433 Å². The number of nitrogens with zero attached hydrogens (tertiary/aromatic N) is 2. The minimum Gasteiger partial charge on any atom is -0.460 e. The largest absolute Gasteiger partial charge is 0.460 e. The molecular weight excluding hydrogens is 937 g/mol. The highest BCUT2D eigenvalue weighted by atomic mass is 16.7. The first kappa shape index (κ1) is 58.4. The van der Waals surface area contributed by atoms with Crippen molar-refractivity contribution in [3.63, 3.8) is 0 Å². The number of para-hydroxylation sites is 1. The van der Waals surface area contributed by atoms with Gasteiger partial charge in [-0.2, -0.15) is 0 Å². The number of anilines is 1. The number of esters is 1. The third-order valence-corrected chi connectivity index (χ3v) is 16.9.